The molecule has 0 aromatic rings. The molecule has 0 aromatic heterocycles. The summed E-state index contributed by atoms with van der Waals surface area (Å²) in [5, 5.41) is 0.633. The van der Waals surface area contributed by atoms with Gasteiger partial charge < -0.3 is 4.57 Å². The maximum atomic E-state index is 11.4. The first kappa shape index (κ1) is 12.0. The zero-order valence-electron chi connectivity index (χ0n) is 8.10. The van der Waals surface area contributed by atoms with Gasteiger partial charge in [0.2, 0.25) is 0 Å². The van der Waals surface area contributed by atoms with Gasteiger partial charge in [-0.05, 0) is 38.1 Å². The lowest BCUT2D eigenvalue weighted by Gasteiger charge is -2.04. The van der Waals surface area contributed by atoms with Gasteiger partial charge in [-0.15, -0.1) is 0 Å². The highest BCUT2D eigenvalue weighted by Gasteiger charge is 2.06. The summed E-state index contributed by atoms with van der Waals surface area (Å²) in [6.45, 7) is 7.38. The Morgan fingerprint density at radius 2 is 2.00 bits per heavy atom. The van der Waals surface area contributed by atoms with E-state index in [1.165, 1.54) is 0 Å². The Kier molecular flexibility index (Phi) is 4.89. The van der Waals surface area contributed by atoms with Crippen LogP contribution in [0.25, 0.3) is 0 Å². The summed E-state index contributed by atoms with van der Waals surface area (Å²) in [4.78, 5) is 0. The van der Waals surface area contributed by atoms with E-state index >= 15 is 0 Å². The van der Waals surface area contributed by atoms with Gasteiger partial charge in [0.15, 0.2) is 0 Å². The van der Waals surface area contributed by atoms with Crippen molar-refractivity contribution >= 4 is 18.7 Å². The van der Waals surface area contributed by atoms with Gasteiger partial charge in [-0.3, -0.25) is 0 Å². The summed E-state index contributed by atoms with van der Waals surface area (Å²) in [5.74, 6) is 1.66. The second-order valence-corrected chi connectivity index (χ2v) is 6.61. The first-order chi connectivity index (χ1) is 5.40. The minimum absolute atomic E-state index is 0.633. The highest BCUT2D eigenvalue weighted by Crippen LogP contribution is 2.41. The summed E-state index contributed by atoms with van der Waals surface area (Å²) in [6, 6.07) is 0. The van der Waals surface area contributed by atoms with Crippen LogP contribution in [0.1, 0.15) is 20.3 Å². The van der Waals surface area contributed by atoms with Crippen LogP contribution >= 0.6 is 18.7 Å². The minimum atomic E-state index is -2.14. The molecule has 70 valence electrons. The Morgan fingerprint density at radius 1 is 1.50 bits per heavy atom. The molecular weight excluding hydrogens is 191 g/mol. The van der Waals surface area contributed by atoms with E-state index in [1.807, 2.05) is 19.9 Å². The molecule has 0 unspecified atom stereocenters. The van der Waals surface area contributed by atoms with Crippen molar-refractivity contribution in [2.75, 3.05) is 13.3 Å². The molecule has 0 aliphatic carbocycles. The summed E-state index contributed by atoms with van der Waals surface area (Å²) >= 11 is 5.95. The van der Waals surface area contributed by atoms with E-state index in [0.717, 1.165) is 12.0 Å². The number of rotatable bonds is 3. The average molecular weight is 207 g/mol. The smallest absolute Gasteiger partial charge is 0.104 e. The first-order valence-electron chi connectivity index (χ1n) is 3.99. The number of allylic oxidation sites excluding steroid dienone is 3. The van der Waals surface area contributed by atoms with Gasteiger partial charge in [-0.2, -0.15) is 0 Å². The summed E-state index contributed by atoms with van der Waals surface area (Å²) < 4.78 is 11.4. The standard InChI is InChI=1S/C9H16ClOP/c1-5-8(6-2)9(10)7-12(3,4)11/h5,7H,6H2,1-4H3/b8-5-,9-7-. The van der Waals surface area contributed by atoms with E-state index in [1.54, 1.807) is 19.1 Å². The summed E-state index contributed by atoms with van der Waals surface area (Å²) in [5.41, 5.74) is 1.06. The molecule has 0 radical (unpaired) electrons. The van der Waals surface area contributed by atoms with Gasteiger partial charge >= 0.3 is 0 Å². The lowest BCUT2D eigenvalue weighted by atomic mass is 10.2. The van der Waals surface area contributed by atoms with Crippen molar-refractivity contribution in [3.63, 3.8) is 0 Å². The van der Waals surface area contributed by atoms with Crippen molar-refractivity contribution in [3.05, 3.63) is 22.5 Å². The van der Waals surface area contributed by atoms with E-state index < -0.39 is 7.14 Å². The first-order valence-corrected chi connectivity index (χ1v) is 7.04. The van der Waals surface area contributed by atoms with Crippen LogP contribution in [-0.4, -0.2) is 13.3 Å². The van der Waals surface area contributed by atoms with E-state index in [4.69, 9.17) is 11.6 Å². The van der Waals surface area contributed by atoms with Crippen molar-refractivity contribution in [2.24, 2.45) is 0 Å². The van der Waals surface area contributed by atoms with Crippen LogP contribution in [0.2, 0.25) is 0 Å². The zero-order chi connectivity index (χ0) is 9.78. The SMILES string of the molecule is C/C=C(CC)\C(Cl)=C\P(C)(C)=O. The molecule has 0 bridgehead atoms. The summed E-state index contributed by atoms with van der Waals surface area (Å²) in [6.07, 6.45) is 2.83. The fourth-order valence-corrected chi connectivity index (χ4v) is 2.53. The number of hydrogen-bond acceptors (Lipinski definition) is 1. The second-order valence-electron chi connectivity index (χ2n) is 3.08. The Labute approximate surface area is 79.9 Å². The molecule has 0 saturated carbocycles. The molecule has 0 saturated heterocycles. The molecule has 0 aromatic carbocycles. The van der Waals surface area contributed by atoms with Gasteiger partial charge in [-0.25, -0.2) is 0 Å². The van der Waals surface area contributed by atoms with Crippen LogP contribution in [0.15, 0.2) is 22.5 Å². The van der Waals surface area contributed by atoms with E-state index in [9.17, 15) is 4.57 Å². The number of hydrogen-bond donors (Lipinski definition) is 0. The Hall–Kier alpha value is -0.0000000000000000555. The molecule has 0 fully saturated rings. The van der Waals surface area contributed by atoms with E-state index in [-0.39, 0.29) is 0 Å². The predicted molar refractivity (Wildman–Crippen MR) is 57.4 cm³/mol. The lowest BCUT2D eigenvalue weighted by Crippen LogP contribution is -1.80. The van der Waals surface area contributed by atoms with Crippen LogP contribution in [0.5, 0.6) is 0 Å². The highest BCUT2D eigenvalue weighted by atomic mass is 35.5. The summed E-state index contributed by atoms with van der Waals surface area (Å²) in [7, 11) is -2.14. The Morgan fingerprint density at radius 3 is 2.25 bits per heavy atom. The maximum absolute atomic E-state index is 11.4. The lowest BCUT2D eigenvalue weighted by molar-refractivity contribution is 0.588. The molecule has 0 aliphatic rings. The van der Waals surface area contributed by atoms with Gasteiger partial charge in [0, 0.05) is 5.03 Å². The third kappa shape index (κ3) is 4.79. The second kappa shape index (κ2) is 4.89. The van der Waals surface area contributed by atoms with Gasteiger partial charge in [0.1, 0.15) is 7.14 Å². The molecule has 0 spiro atoms. The molecule has 12 heavy (non-hydrogen) atoms. The Bertz CT molecular complexity index is 247. The van der Waals surface area contributed by atoms with Gasteiger partial charge in [0.25, 0.3) is 0 Å². The quantitative estimate of drug-likeness (QED) is 0.503. The van der Waals surface area contributed by atoms with Crippen molar-refractivity contribution in [1.82, 2.24) is 0 Å². The van der Waals surface area contributed by atoms with Crippen LogP contribution < -0.4 is 0 Å². The van der Waals surface area contributed by atoms with Crippen molar-refractivity contribution in [2.45, 2.75) is 20.3 Å². The topological polar surface area (TPSA) is 17.1 Å². The highest BCUT2D eigenvalue weighted by molar-refractivity contribution is 7.65. The fraction of sp³-hybridized carbons (Fsp3) is 0.556. The van der Waals surface area contributed by atoms with Gasteiger partial charge in [-0.1, -0.05) is 24.6 Å². The van der Waals surface area contributed by atoms with E-state index in [0.29, 0.717) is 5.03 Å². The van der Waals surface area contributed by atoms with Crippen molar-refractivity contribution in [1.29, 1.82) is 0 Å². The fourth-order valence-electron chi connectivity index (χ4n) is 0.867. The monoisotopic (exact) mass is 206 g/mol. The minimum Gasteiger partial charge on any atom is -0.320 e. The number of halogens is 1. The molecule has 0 amide bonds. The largest absolute Gasteiger partial charge is 0.320 e. The predicted octanol–water partition coefficient (Wildman–Crippen LogP) is 4.05. The van der Waals surface area contributed by atoms with Crippen LogP contribution in [0.4, 0.5) is 0 Å². The third-order valence-electron chi connectivity index (χ3n) is 1.46. The molecular formula is C9H16ClOP. The van der Waals surface area contributed by atoms with Crippen molar-refractivity contribution < 1.29 is 4.57 Å². The van der Waals surface area contributed by atoms with Crippen molar-refractivity contribution in [3.8, 4) is 0 Å². The zero-order valence-corrected chi connectivity index (χ0v) is 9.75. The molecule has 0 atom stereocenters. The molecule has 0 N–H and O–H groups in total. The molecule has 0 rings (SSSR count). The average Bonchev–Trinajstić information content (AvgIpc) is 1.85. The normalized spacial score (nSPS) is 15.1. The van der Waals surface area contributed by atoms with E-state index in [2.05, 4.69) is 0 Å². The molecule has 0 heterocycles. The van der Waals surface area contributed by atoms with Crippen LogP contribution in [0, 0.1) is 0 Å². The third-order valence-corrected chi connectivity index (χ3v) is 2.84. The molecule has 0 aliphatic heterocycles. The molecule has 3 heteroatoms. The van der Waals surface area contributed by atoms with Gasteiger partial charge in [0.05, 0.1) is 0 Å². The Balaban J connectivity index is 4.70. The van der Waals surface area contributed by atoms with Crippen LogP contribution in [0.3, 0.4) is 0 Å². The van der Waals surface area contributed by atoms with Crippen LogP contribution in [-0.2, 0) is 4.57 Å². The molecule has 1 nitrogen and oxygen atoms in total. The maximum Gasteiger partial charge on any atom is 0.104 e.